The van der Waals surface area contributed by atoms with E-state index in [9.17, 15) is 22.8 Å². The standard InChI is InChI=1S/C21H19F3O2/c1-12-3-8-16(13(2)11-12)19-18(25)10-9-17(20(19)26)14-4-6-15(7-5-14)21(22,23)24/h3-8,11,17,19H,9-10H2,1-2H3. The fraction of sp³-hybridized carbons (Fsp3) is 0.333. The number of Topliss-reactive ketones (excluding diaryl/α,β-unsaturated/α-hetero) is 2. The minimum Gasteiger partial charge on any atom is -0.299 e. The summed E-state index contributed by atoms with van der Waals surface area (Å²) in [6, 6.07) is 10.3. The van der Waals surface area contributed by atoms with Gasteiger partial charge in [-0.3, -0.25) is 9.59 Å². The molecule has 2 aromatic rings. The molecular formula is C21H19F3O2. The molecule has 0 heterocycles. The van der Waals surface area contributed by atoms with Gasteiger partial charge in [-0.25, -0.2) is 0 Å². The lowest BCUT2D eigenvalue weighted by Gasteiger charge is -2.28. The molecule has 1 fully saturated rings. The van der Waals surface area contributed by atoms with Gasteiger partial charge in [-0.05, 0) is 49.1 Å². The van der Waals surface area contributed by atoms with Crippen molar-refractivity contribution in [1.82, 2.24) is 0 Å². The first-order valence-corrected chi connectivity index (χ1v) is 8.49. The third kappa shape index (κ3) is 3.43. The topological polar surface area (TPSA) is 34.1 Å². The first kappa shape index (κ1) is 18.4. The largest absolute Gasteiger partial charge is 0.416 e. The van der Waals surface area contributed by atoms with Gasteiger partial charge < -0.3 is 0 Å². The van der Waals surface area contributed by atoms with Gasteiger partial charge in [0.05, 0.1) is 5.56 Å². The predicted octanol–water partition coefficient (Wildman–Crippen LogP) is 5.12. The lowest BCUT2D eigenvalue weighted by atomic mass is 9.72. The van der Waals surface area contributed by atoms with E-state index < -0.39 is 23.6 Å². The van der Waals surface area contributed by atoms with Crippen molar-refractivity contribution in [1.29, 1.82) is 0 Å². The SMILES string of the molecule is Cc1ccc(C2C(=O)CCC(c3ccc(C(F)(F)F)cc3)C2=O)c(C)c1. The second-order valence-electron chi connectivity index (χ2n) is 6.87. The van der Waals surface area contributed by atoms with Crippen molar-refractivity contribution in [2.75, 3.05) is 0 Å². The molecule has 2 aromatic carbocycles. The summed E-state index contributed by atoms with van der Waals surface area (Å²) in [5.74, 6) is -1.74. The number of carbonyl (C=O) groups is 2. The Morgan fingerprint density at radius 1 is 0.962 bits per heavy atom. The van der Waals surface area contributed by atoms with E-state index in [1.807, 2.05) is 26.0 Å². The maximum Gasteiger partial charge on any atom is 0.416 e. The van der Waals surface area contributed by atoms with E-state index >= 15 is 0 Å². The average Bonchev–Trinajstić information content (AvgIpc) is 2.56. The monoisotopic (exact) mass is 360 g/mol. The number of alkyl halides is 3. The smallest absolute Gasteiger partial charge is 0.299 e. The fourth-order valence-corrected chi connectivity index (χ4v) is 3.64. The number of halogens is 3. The van der Waals surface area contributed by atoms with Crippen LogP contribution in [0.5, 0.6) is 0 Å². The Morgan fingerprint density at radius 3 is 2.19 bits per heavy atom. The maximum atomic E-state index is 13.0. The molecule has 0 spiro atoms. The molecule has 0 aromatic heterocycles. The highest BCUT2D eigenvalue weighted by atomic mass is 19.4. The van der Waals surface area contributed by atoms with E-state index in [0.29, 0.717) is 17.5 Å². The van der Waals surface area contributed by atoms with Gasteiger partial charge >= 0.3 is 6.18 Å². The highest BCUT2D eigenvalue weighted by molar-refractivity contribution is 6.12. The fourth-order valence-electron chi connectivity index (χ4n) is 3.64. The van der Waals surface area contributed by atoms with Crippen molar-refractivity contribution in [2.45, 2.75) is 44.7 Å². The zero-order valence-electron chi connectivity index (χ0n) is 14.6. The van der Waals surface area contributed by atoms with Gasteiger partial charge in [0, 0.05) is 12.3 Å². The summed E-state index contributed by atoms with van der Waals surface area (Å²) >= 11 is 0. The summed E-state index contributed by atoms with van der Waals surface area (Å²) in [5.41, 5.74) is 2.41. The Balaban J connectivity index is 1.93. The van der Waals surface area contributed by atoms with E-state index in [1.54, 1.807) is 6.07 Å². The summed E-state index contributed by atoms with van der Waals surface area (Å²) in [6.45, 7) is 3.80. The minimum atomic E-state index is -4.41. The van der Waals surface area contributed by atoms with E-state index in [1.165, 1.54) is 12.1 Å². The Bertz CT molecular complexity index is 851. The van der Waals surface area contributed by atoms with Crippen LogP contribution in [0.3, 0.4) is 0 Å². The molecule has 2 unspecified atom stereocenters. The van der Waals surface area contributed by atoms with Crippen molar-refractivity contribution in [3.8, 4) is 0 Å². The Morgan fingerprint density at radius 2 is 1.62 bits per heavy atom. The second-order valence-corrected chi connectivity index (χ2v) is 6.87. The van der Waals surface area contributed by atoms with Crippen LogP contribution in [0.25, 0.3) is 0 Å². The van der Waals surface area contributed by atoms with Crippen molar-refractivity contribution >= 4 is 11.6 Å². The molecule has 5 heteroatoms. The first-order chi connectivity index (χ1) is 12.2. The number of hydrogen-bond donors (Lipinski definition) is 0. The highest BCUT2D eigenvalue weighted by Gasteiger charge is 2.39. The van der Waals surface area contributed by atoms with Crippen molar-refractivity contribution in [2.24, 2.45) is 0 Å². The van der Waals surface area contributed by atoms with E-state index in [0.717, 1.165) is 23.3 Å². The molecule has 0 bridgehead atoms. The Hall–Kier alpha value is -2.43. The molecule has 26 heavy (non-hydrogen) atoms. The molecule has 136 valence electrons. The summed E-state index contributed by atoms with van der Waals surface area (Å²) in [7, 11) is 0. The van der Waals surface area contributed by atoms with Crippen molar-refractivity contribution in [3.63, 3.8) is 0 Å². The number of rotatable bonds is 2. The van der Waals surface area contributed by atoms with Crippen LogP contribution in [0, 0.1) is 13.8 Å². The number of ketones is 2. The van der Waals surface area contributed by atoms with Crippen LogP contribution in [0.4, 0.5) is 13.2 Å². The van der Waals surface area contributed by atoms with Gasteiger partial charge in [0.15, 0.2) is 5.78 Å². The summed E-state index contributed by atoms with van der Waals surface area (Å²) in [5, 5.41) is 0. The molecule has 0 N–H and O–H groups in total. The molecule has 2 atom stereocenters. The average molecular weight is 360 g/mol. The highest BCUT2D eigenvalue weighted by Crippen LogP contribution is 2.38. The van der Waals surface area contributed by atoms with E-state index in [4.69, 9.17) is 0 Å². The lowest BCUT2D eigenvalue weighted by molar-refractivity contribution is -0.137. The zero-order chi connectivity index (χ0) is 19.1. The van der Waals surface area contributed by atoms with Crippen LogP contribution in [-0.2, 0) is 15.8 Å². The van der Waals surface area contributed by atoms with Crippen molar-refractivity contribution < 1.29 is 22.8 Å². The third-order valence-corrected chi connectivity index (χ3v) is 5.01. The zero-order valence-corrected chi connectivity index (χ0v) is 14.6. The molecule has 0 saturated heterocycles. The van der Waals surface area contributed by atoms with Crippen LogP contribution in [0.1, 0.15) is 52.5 Å². The molecular weight excluding hydrogens is 341 g/mol. The quantitative estimate of drug-likeness (QED) is 0.697. The summed E-state index contributed by atoms with van der Waals surface area (Å²) in [4.78, 5) is 25.4. The van der Waals surface area contributed by atoms with Crippen LogP contribution in [-0.4, -0.2) is 11.6 Å². The van der Waals surface area contributed by atoms with E-state index in [2.05, 4.69) is 0 Å². The molecule has 2 nitrogen and oxygen atoms in total. The van der Waals surface area contributed by atoms with Gasteiger partial charge in [0.2, 0.25) is 0 Å². The van der Waals surface area contributed by atoms with Crippen LogP contribution in [0.15, 0.2) is 42.5 Å². The maximum absolute atomic E-state index is 13.0. The molecule has 0 amide bonds. The van der Waals surface area contributed by atoms with Crippen molar-refractivity contribution in [3.05, 3.63) is 70.3 Å². The number of carbonyl (C=O) groups excluding carboxylic acids is 2. The molecule has 0 aliphatic heterocycles. The molecule has 1 saturated carbocycles. The second kappa shape index (κ2) is 6.71. The number of benzene rings is 2. The molecule has 1 aliphatic carbocycles. The summed E-state index contributed by atoms with van der Waals surface area (Å²) in [6.07, 6.45) is -3.83. The molecule has 3 rings (SSSR count). The van der Waals surface area contributed by atoms with Gasteiger partial charge in [-0.1, -0.05) is 35.9 Å². The van der Waals surface area contributed by atoms with Gasteiger partial charge in [0.25, 0.3) is 0 Å². The number of hydrogen-bond acceptors (Lipinski definition) is 2. The lowest BCUT2D eigenvalue weighted by Crippen LogP contribution is -2.33. The van der Waals surface area contributed by atoms with Crippen LogP contribution < -0.4 is 0 Å². The minimum absolute atomic E-state index is 0.120. The molecule has 1 aliphatic rings. The van der Waals surface area contributed by atoms with Gasteiger partial charge in [-0.15, -0.1) is 0 Å². The van der Waals surface area contributed by atoms with E-state index in [-0.39, 0.29) is 18.0 Å². The Labute approximate surface area is 150 Å². The van der Waals surface area contributed by atoms with Crippen LogP contribution >= 0.6 is 0 Å². The third-order valence-electron chi connectivity index (χ3n) is 5.01. The van der Waals surface area contributed by atoms with Gasteiger partial charge in [-0.2, -0.15) is 13.2 Å². The first-order valence-electron chi connectivity index (χ1n) is 8.49. The van der Waals surface area contributed by atoms with Gasteiger partial charge in [0.1, 0.15) is 11.7 Å². The van der Waals surface area contributed by atoms with Crippen LogP contribution in [0.2, 0.25) is 0 Å². The number of aryl methyl sites for hydroxylation is 2. The normalized spacial score (nSPS) is 21.1. The summed E-state index contributed by atoms with van der Waals surface area (Å²) < 4.78 is 38.2. The molecule has 0 radical (unpaired) electrons. The Kier molecular flexibility index (Phi) is 4.74. The predicted molar refractivity (Wildman–Crippen MR) is 92.1 cm³/mol.